The smallest absolute Gasteiger partial charge is 0.357 e. The molecule has 0 saturated carbocycles. The molecule has 0 aliphatic heterocycles. The highest BCUT2D eigenvalue weighted by molar-refractivity contribution is 5.79. The van der Waals surface area contributed by atoms with Crippen molar-refractivity contribution in [3.8, 4) is 11.8 Å². The maximum Gasteiger partial charge on any atom is 0.416 e. The van der Waals surface area contributed by atoms with E-state index in [0.29, 0.717) is 30.4 Å². The predicted molar refractivity (Wildman–Crippen MR) is 92.1 cm³/mol. The number of alkyl halides is 3. The first-order valence-electron chi connectivity index (χ1n) is 7.91. The zero-order chi connectivity index (χ0) is 19.0. The maximum absolute atomic E-state index is 12.7. The van der Waals surface area contributed by atoms with Crippen molar-refractivity contribution in [1.29, 1.82) is 0 Å². The topological polar surface area (TPSA) is 67.1 Å². The number of aryl methyl sites for hydroxylation is 1. The minimum atomic E-state index is -4.37. The molecule has 1 heterocycles. The van der Waals surface area contributed by atoms with Crippen LogP contribution < -0.4 is 10.6 Å². The van der Waals surface area contributed by atoms with Gasteiger partial charge in [0.25, 0.3) is 0 Å². The van der Waals surface area contributed by atoms with E-state index >= 15 is 0 Å². The lowest BCUT2D eigenvalue weighted by Crippen LogP contribution is -2.37. The van der Waals surface area contributed by atoms with Gasteiger partial charge in [-0.3, -0.25) is 4.68 Å². The average molecular weight is 364 g/mol. The SMILES string of the molecule is CCNC(=NCc1ncnn1C)NCC#Cc1cccc(C(F)(F)F)c1. The Kier molecular flexibility index (Phi) is 6.60. The number of aromatic nitrogens is 3. The van der Waals surface area contributed by atoms with Gasteiger partial charge < -0.3 is 10.6 Å². The molecule has 0 bridgehead atoms. The van der Waals surface area contributed by atoms with Crippen LogP contribution in [0, 0.1) is 11.8 Å². The molecule has 1 aromatic heterocycles. The van der Waals surface area contributed by atoms with E-state index in [-0.39, 0.29) is 6.54 Å². The Morgan fingerprint density at radius 1 is 1.31 bits per heavy atom. The highest BCUT2D eigenvalue weighted by Crippen LogP contribution is 2.29. The number of aliphatic imine (C=N–C) groups is 1. The fourth-order valence-electron chi connectivity index (χ4n) is 2.00. The molecule has 2 aromatic rings. The van der Waals surface area contributed by atoms with E-state index in [0.717, 1.165) is 12.1 Å². The van der Waals surface area contributed by atoms with E-state index in [1.165, 1.54) is 18.5 Å². The number of benzene rings is 1. The molecule has 6 nitrogen and oxygen atoms in total. The first kappa shape index (κ1) is 19.3. The highest BCUT2D eigenvalue weighted by atomic mass is 19.4. The van der Waals surface area contributed by atoms with E-state index in [1.54, 1.807) is 11.7 Å². The lowest BCUT2D eigenvalue weighted by molar-refractivity contribution is -0.137. The van der Waals surface area contributed by atoms with Gasteiger partial charge in [-0.25, -0.2) is 9.98 Å². The second-order valence-electron chi connectivity index (χ2n) is 5.23. The Morgan fingerprint density at radius 2 is 2.12 bits per heavy atom. The van der Waals surface area contributed by atoms with Gasteiger partial charge in [0.1, 0.15) is 18.7 Å². The van der Waals surface area contributed by atoms with Crippen LogP contribution >= 0.6 is 0 Å². The van der Waals surface area contributed by atoms with E-state index < -0.39 is 11.7 Å². The van der Waals surface area contributed by atoms with Crippen molar-refractivity contribution in [3.63, 3.8) is 0 Å². The molecule has 0 atom stereocenters. The van der Waals surface area contributed by atoms with Crippen molar-refractivity contribution < 1.29 is 13.2 Å². The molecular weight excluding hydrogens is 345 g/mol. The predicted octanol–water partition coefficient (Wildman–Crippen LogP) is 1.94. The summed E-state index contributed by atoms with van der Waals surface area (Å²) in [5.74, 6) is 6.74. The van der Waals surface area contributed by atoms with Crippen molar-refractivity contribution in [1.82, 2.24) is 25.4 Å². The highest BCUT2D eigenvalue weighted by Gasteiger charge is 2.30. The molecule has 0 aliphatic carbocycles. The molecule has 0 aliphatic rings. The van der Waals surface area contributed by atoms with E-state index in [9.17, 15) is 13.2 Å². The number of hydrogen-bond donors (Lipinski definition) is 2. The summed E-state index contributed by atoms with van der Waals surface area (Å²) in [5.41, 5.74) is -0.404. The van der Waals surface area contributed by atoms with Gasteiger partial charge >= 0.3 is 6.18 Å². The van der Waals surface area contributed by atoms with Gasteiger partial charge in [0.2, 0.25) is 0 Å². The molecule has 0 radical (unpaired) electrons. The number of halogens is 3. The van der Waals surface area contributed by atoms with Gasteiger partial charge in [0, 0.05) is 19.2 Å². The fourth-order valence-corrected chi connectivity index (χ4v) is 2.00. The zero-order valence-electron chi connectivity index (χ0n) is 14.4. The number of hydrogen-bond acceptors (Lipinski definition) is 3. The molecule has 0 unspecified atom stereocenters. The van der Waals surface area contributed by atoms with E-state index in [4.69, 9.17) is 0 Å². The molecule has 0 saturated heterocycles. The van der Waals surface area contributed by atoms with Crippen molar-refractivity contribution in [2.45, 2.75) is 19.6 Å². The van der Waals surface area contributed by atoms with Gasteiger partial charge in [-0.15, -0.1) is 0 Å². The number of nitrogens with one attached hydrogen (secondary N) is 2. The third-order valence-corrected chi connectivity index (χ3v) is 3.29. The number of nitrogens with zero attached hydrogens (tertiary/aromatic N) is 4. The maximum atomic E-state index is 12.7. The summed E-state index contributed by atoms with van der Waals surface area (Å²) in [6, 6.07) is 4.93. The van der Waals surface area contributed by atoms with Gasteiger partial charge in [0.05, 0.1) is 12.1 Å². The molecule has 9 heteroatoms. The van der Waals surface area contributed by atoms with Gasteiger partial charge in [0.15, 0.2) is 5.96 Å². The molecule has 2 N–H and O–H groups in total. The summed E-state index contributed by atoms with van der Waals surface area (Å²) in [5, 5.41) is 10.0. The minimum absolute atomic E-state index is 0.237. The van der Waals surface area contributed by atoms with Crippen molar-refractivity contribution >= 4 is 5.96 Å². The Hall–Kier alpha value is -3.02. The quantitative estimate of drug-likeness (QED) is 0.494. The Balaban J connectivity index is 1.96. The molecular formula is C17H19F3N6. The minimum Gasteiger partial charge on any atom is -0.357 e. The first-order chi connectivity index (χ1) is 12.4. The molecule has 26 heavy (non-hydrogen) atoms. The number of rotatable bonds is 4. The second-order valence-corrected chi connectivity index (χ2v) is 5.23. The third kappa shape index (κ3) is 5.81. The lowest BCUT2D eigenvalue weighted by Gasteiger charge is -2.08. The first-order valence-corrected chi connectivity index (χ1v) is 7.91. The van der Waals surface area contributed by atoms with Crippen LogP contribution in [0.4, 0.5) is 13.2 Å². The zero-order valence-corrected chi connectivity index (χ0v) is 14.4. The Morgan fingerprint density at radius 3 is 2.77 bits per heavy atom. The van der Waals surface area contributed by atoms with Crippen LogP contribution in [0.5, 0.6) is 0 Å². The standard InChI is InChI=1S/C17H19F3N6/c1-3-21-16(23-11-15-24-12-25-26(15)2)22-9-5-7-13-6-4-8-14(10-13)17(18,19)20/h4,6,8,10,12H,3,9,11H2,1-2H3,(H2,21,22,23). The summed E-state index contributed by atoms with van der Waals surface area (Å²) in [6.07, 6.45) is -2.92. The van der Waals surface area contributed by atoms with Gasteiger partial charge in [-0.1, -0.05) is 17.9 Å². The molecule has 138 valence electrons. The van der Waals surface area contributed by atoms with Gasteiger partial charge in [-0.2, -0.15) is 18.3 Å². The molecule has 0 fully saturated rings. The van der Waals surface area contributed by atoms with Gasteiger partial charge in [-0.05, 0) is 25.1 Å². The molecule has 2 rings (SSSR count). The average Bonchev–Trinajstić information content (AvgIpc) is 3.01. The third-order valence-electron chi connectivity index (χ3n) is 3.29. The van der Waals surface area contributed by atoms with E-state index in [1.807, 2.05) is 6.92 Å². The summed E-state index contributed by atoms with van der Waals surface area (Å²) < 4.78 is 39.7. The molecule has 0 spiro atoms. The van der Waals surface area contributed by atoms with Crippen LogP contribution in [-0.2, 0) is 19.8 Å². The Labute approximate surface area is 149 Å². The van der Waals surface area contributed by atoms with Crippen LogP contribution in [0.3, 0.4) is 0 Å². The van der Waals surface area contributed by atoms with Crippen molar-refractivity contribution in [2.24, 2.45) is 12.0 Å². The monoisotopic (exact) mass is 364 g/mol. The van der Waals surface area contributed by atoms with Crippen LogP contribution in [0.1, 0.15) is 23.9 Å². The molecule has 0 amide bonds. The van der Waals surface area contributed by atoms with Crippen LogP contribution in [-0.4, -0.2) is 33.8 Å². The van der Waals surface area contributed by atoms with Crippen molar-refractivity contribution in [3.05, 3.63) is 47.5 Å². The van der Waals surface area contributed by atoms with Crippen LogP contribution in [0.2, 0.25) is 0 Å². The summed E-state index contributed by atoms with van der Waals surface area (Å²) in [4.78, 5) is 8.44. The Bertz CT molecular complexity index is 814. The largest absolute Gasteiger partial charge is 0.416 e. The summed E-state index contributed by atoms with van der Waals surface area (Å²) in [7, 11) is 1.78. The second kappa shape index (κ2) is 8.89. The normalized spacial score (nSPS) is 11.7. The van der Waals surface area contributed by atoms with Crippen molar-refractivity contribution in [2.75, 3.05) is 13.1 Å². The van der Waals surface area contributed by atoms with Crippen LogP contribution in [0.25, 0.3) is 0 Å². The fraction of sp³-hybridized carbons (Fsp3) is 0.353. The van der Waals surface area contributed by atoms with E-state index in [2.05, 4.69) is 37.5 Å². The summed E-state index contributed by atoms with van der Waals surface area (Å²) in [6.45, 7) is 3.16. The lowest BCUT2D eigenvalue weighted by atomic mass is 10.1. The summed E-state index contributed by atoms with van der Waals surface area (Å²) >= 11 is 0. The number of guanidine groups is 1. The molecule has 1 aromatic carbocycles. The van der Waals surface area contributed by atoms with Crippen LogP contribution in [0.15, 0.2) is 35.6 Å².